The van der Waals surface area contributed by atoms with Gasteiger partial charge in [-0.15, -0.1) is 11.6 Å². The smallest absolute Gasteiger partial charge is 0.416 e. The highest BCUT2D eigenvalue weighted by molar-refractivity contribution is 6.17. The number of ether oxygens (including phenoxy) is 13. The lowest BCUT2D eigenvalue weighted by Crippen LogP contribution is -2.16. The Hall–Kier alpha value is -2.69. The maximum Gasteiger partial charge on any atom is 0.416 e. The lowest BCUT2D eigenvalue weighted by molar-refractivity contribution is -0.137. The summed E-state index contributed by atoms with van der Waals surface area (Å²) in [6.45, 7) is 10.7. The molecule has 2 aromatic carbocycles. The summed E-state index contributed by atoms with van der Waals surface area (Å²) in [5.74, 6) is -0.148. The number of para-hydroxylation sites is 1. The Kier molecular flexibility index (Phi) is 33.0. The van der Waals surface area contributed by atoms with Crippen molar-refractivity contribution in [2.75, 3.05) is 176 Å². The topological polar surface area (TPSA) is 149 Å². The van der Waals surface area contributed by atoms with Crippen LogP contribution in [0.3, 0.4) is 0 Å². The van der Waals surface area contributed by atoms with E-state index in [1.54, 1.807) is 18.2 Å². The minimum Gasteiger partial charge on any atom is -0.460 e. The van der Waals surface area contributed by atoms with Crippen LogP contribution in [-0.2, 0) is 67.8 Å². The van der Waals surface area contributed by atoms with E-state index < -0.39 is 17.7 Å². The first kappa shape index (κ1) is 52.4. The highest BCUT2D eigenvalue weighted by Gasteiger charge is 2.30. The molecule has 59 heavy (non-hydrogen) atoms. The molecule has 19 heteroatoms. The number of hydrogen-bond acceptors (Lipinski definition) is 15. The van der Waals surface area contributed by atoms with Crippen LogP contribution >= 0.6 is 11.6 Å². The first-order valence-electron chi connectivity index (χ1n) is 19.6. The summed E-state index contributed by atoms with van der Waals surface area (Å²) in [4.78, 5) is 12.6. The standard InChI is InChI=1S/C40H61ClF3NO14/c41-8-9-47-10-11-48-12-13-49-14-15-50-16-17-51-18-19-52-20-21-53-22-23-54-24-25-55-26-27-56-28-29-57-30-31-58-32-33-59-39(46)37-6-1-2-7-38(37)45-36-5-3-4-35(34-36)40(42,43)44/h1-7,34,45H,8-33H2. The number of benzene rings is 2. The molecule has 0 aliphatic rings. The minimum absolute atomic E-state index is 0.00551. The number of esters is 1. The lowest BCUT2D eigenvalue weighted by Gasteiger charge is -2.13. The summed E-state index contributed by atoms with van der Waals surface area (Å²) in [5.41, 5.74) is -0.100. The van der Waals surface area contributed by atoms with Crippen molar-refractivity contribution < 1.29 is 79.5 Å². The van der Waals surface area contributed by atoms with Gasteiger partial charge in [0, 0.05) is 11.6 Å². The molecule has 0 unspecified atom stereocenters. The fourth-order valence-corrected chi connectivity index (χ4v) is 4.65. The van der Waals surface area contributed by atoms with Gasteiger partial charge in [0.15, 0.2) is 0 Å². The first-order valence-corrected chi connectivity index (χ1v) is 20.1. The number of halogens is 4. The minimum atomic E-state index is -4.48. The summed E-state index contributed by atoms with van der Waals surface area (Å²) in [6.07, 6.45) is -4.48. The molecule has 0 amide bonds. The number of rotatable bonds is 41. The van der Waals surface area contributed by atoms with Gasteiger partial charge >= 0.3 is 12.1 Å². The van der Waals surface area contributed by atoms with Crippen LogP contribution in [0.2, 0.25) is 0 Å². The quantitative estimate of drug-likeness (QED) is 0.0540. The number of alkyl halides is 4. The van der Waals surface area contributed by atoms with Crippen molar-refractivity contribution in [3.8, 4) is 0 Å². The Balaban J connectivity index is 1.25. The van der Waals surface area contributed by atoms with Gasteiger partial charge in [-0.2, -0.15) is 13.2 Å². The van der Waals surface area contributed by atoms with Crippen molar-refractivity contribution in [3.63, 3.8) is 0 Å². The Bertz CT molecular complexity index is 1290. The third-order valence-electron chi connectivity index (χ3n) is 7.39. The maximum atomic E-state index is 13.1. The normalized spacial score (nSPS) is 11.7. The predicted molar refractivity (Wildman–Crippen MR) is 212 cm³/mol. The summed E-state index contributed by atoms with van der Waals surface area (Å²) >= 11 is 5.51. The summed E-state index contributed by atoms with van der Waals surface area (Å²) in [6, 6.07) is 11.1. The first-order chi connectivity index (χ1) is 28.9. The van der Waals surface area contributed by atoms with E-state index in [4.69, 9.17) is 73.2 Å². The van der Waals surface area contributed by atoms with Crippen LogP contribution < -0.4 is 5.32 Å². The molecule has 338 valence electrons. The summed E-state index contributed by atoms with van der Waals surface area (Å²) in [5, 5.41) is 2.86. The van der Waals surface area contributed by atoms with Gasteiger partial charge in [-0.05, 0) is 30.3 Å². The molecule has 0 saturated heterocycles. The van der Waals surface area contributed by atoms with Gasteiger partial charge in [0.05, 0.1) is 175 Å². The molecule has 0 aromatic heterocycles. The van der Waals surface area contributed by atoms with Gasteiger partial charge < -0.3 is 66.9 Å². The Morgan fingerprint density at radius 1 is 0.458 bits per heavy atom. The summed E-state index contributed by atoms with van der Waals surface area (Å²) < 4.78 is 110. The Morgan fingerprint density at radius 3 is 1.15 bits per heavy atom. The molecule has 15 nitrogen and oxygen atoms in total. The monoisotopic (exact) mass is 871 g/mol. The van der Waals surface area contributed by atoms with Crippen molar-refractivity contribution in [1.29, 1.82) is 0 Å². The number of carbonyl (C=O) groups excluding carboxylic acids is 1. The lowest BCUT2D eigenvalue weighted by atomic mass is 10.1. The molecular weight excluding hydrogens is 811 g/mol. The van der Waals surface area contributed by atoms with Gasteiger partial charge in [-0.3, -0.25) is 0 Å². The van der Waals surface area contributed by atoms with E-state index in [0.717, 1.165) is 12.1 Å². The second-order valence-electron chi connectivity index (χ2n) is 11.9. The Morgan fingerprint density at radius 2 is 0.797 bits per heavy atom. The van der Waals surface area contributed by atoms with E-state index in [0.29, 0.717) is 164 Å². The number of anilines is 2. The van der Waals surface area contributed by atoms with E-state index in [-0.39, 0.29) is 24.5 Å². The summed E-state index contributed by atoms with van der Waals surface area (Å²) in [7, 11) is 0. The molecule has 1 N–H and O–H groups in total. The second-order valence-corrected chi connectivity index (χ2v) is 12.3. The molecule has 2 aromatic rings. The van der Waals surface area contributed by atoms with Crippen molar-refractivity contribution in [3.05, 3.63) is 59.7 Å². The molecule has 0 heterocycles. The molecule has 0 aliphatic heterocycles. The molecular formula is C40H61ClF3NO14. The zero-order chi connectivity index (χ0) is 42.3. The van der Waals surface area contributed by atoms with Gasteiger partial charge in [0.2, 0.25) is 0 Å². The molecule has 0 bridgehead atoms. The van der Waals surface area contributed by atoms with Crippen molar-refractivity contribution >= 4 is 28.9 Å². The maximum absolute atomic E-state index is 13.1. The van der Waals surface area contributed by atoms with E-state index in [1.165, 1.54) is 18.2 Å². The van der Waals surface area contributed by atoms with Gasteiger partial charge in [-0.1, -0.05) is 18.2 Å². The highest BCUT2D eigenvalue weighted by Crippen LogP contribution is 2.32. The van der Waals surface area contributed by atoms with Crippen molar-refractivity contribution in [1.82, 2.24) is 0 Å². The SMILES string of the molecule is O=C(OCCOCCOCCOCCOCCOCCOCCOCCOCCOCCOCCOCCOCCCl)c1ccccc1Nc1cccc(C(F)(F)F)c1. The van der Waals surface area contributed by atoms with E-state index >= 15 is 0 Å². The van der Waals surface area contributed by atoms with Gasteiger partial charge in [0.1, 0.15) is 6.61 Å². The Labute approximate surface area is 350 Å². The van der Waals surface area contributed by atoms with Crippen LogP contribution in [0.15, 0.2) is 48.5 Å². The zero-order valence-corrected chi connectivity index (χ0v) is 34.5. The fourth-order valence-electron chi connectivity index (χ4n) is 4.55. The molecule has 0 atom stereocenters. The number of carbonyl (C=O) groups is 1. The second kappa shape index (κ2) is 37.1. The van der Waals surface area contributed by atoms with E-state index in [1.807, 2.05) is 0 Å². The van der Waals surface area contributed by atoms with E-state index in [9.17, 15) is 18.0 Å². The van der Waals surface area contributed by atoms with Gasteiger partial charge in [-0.25, -0.2) is 4.79 Å². The molecule has 0 aliphatic carbocycles. The molecule has 2 rings (SSSR count). The molecule has 0 radical (unpaired) electrons. The van der Waals surface area contributed by atoms with Gasteiger partial charge in [0.25, 0.3) is 0 Å². The fraction of sp³-hybridized carbons (Fsp3) is 0.675. The third-order valence-corrected chi connectivity index (χ3v) is 7.54. The predicted octanol–water partition coefficient (Wildman–Crippen LogP) is 5.04. The van der Waals surface area contributed by atoms with Crippen LogP contribution in [0, 0.1) is 0 Å². The largest absolute Gasteiger partial charge is 0.460 e. The van der Waals surface area contributed by atoms with E-state index in [2.05, 4.69) is 5.32 Å². The number of hydrogen-bond donors (Lipinski definition) is 1. The van der Waals surface area contributed by atoms with Crippen LogP contribution in [0.5, 0.6) is 0 Å². The molecule has 0 fully saturated rings. The van der Waals surface area contributed by atoms with Crippen LogP contribution in [0.4, 0.5) is 24.5 Å². The average molecular weight is 872 g/mol. The molecule has 0 spiro atoms. The van der Waals surface area contributed by atoms with Crippen molar-refractivity contribution in [2.24, 2.45) is 0 Å². The van der Waals surface area contributed by atoms with Crippen LogP contribution in [0.1, 0.15) is 15.9 Å². The van der Waals surface area contributed by atoms with Crippen LogP contribution in [0.25, 0.3) is 0 Å². The number of nitrogens with one attached hydrogen (secondary N) is 1. The highest BCUT2D eigenvalue weighted by atomic mass is 35.5. The zero-order valence-electron chi connectivity index (χ0n) is 33.7. The van der Waals surface area contributed by atoms with Crippen molar-refractivity contribution in [2.45, 2.75) is 6.18 Å². The molecule has 0 saturated carbocycles. The van der Waals surface area contributed by atoms with Crippen LogP contribution in [-0.4, -0.2) is 177 Å². The third kappa shape index (κ3) is 30.1. The average Bonchev–Trinajstić information content (AvgIpc) is 3.23.